The van der Waals surface area contributed by atoms with E-state index in [0.717, 1.165) is 36.1 Å². The van der Waals surface area contributed by atoms with Crippen LogP contribution in [0.4, 0.5) is 0 Å². The van der Waals surface area contributed by atoms with E-state index in [4.69, 9.17) is 4.74 Å². The van der Waals surface area contributed by atoms with Crippen molar-refractivity contribution in [2.75, 3.05) is 6.61 Å². The third-order valence-electron chi connectivity index (χ3n) is 2.73. The predicted octanol–water partition coefficient (Wildman–Crippen LogP) is 5.38. The van der Waals surface area contributed by atoms with E-state index in [0.29, 0.717) is 5.92 Å². The summed E-state index contributed by atoms with van der Waals surface area (Å²) >= 11 is 3.53. The minimum Gasteiger partial charge on any atom is -0.493 e. The molecule has 0 saturated heterocycles. The highest BCUT2D eigenvalue weighted by molar-refractivity contribution is 9.10. The van der Waals surface area contributed by atoms with Crippen molar-refractivity contribution in [1.29, 1.82) is 0 Å². The smallest absolute Gasteiger partial charge is 0.122 e. The standard InChI is InChI=1S/C16H23BrO/c1-4-6-7-13(3)11-14-12-15(17)8-9-16(14)18-10-5-2/h6-9,12-13H,4-5,10-11H2,1-3H3/b7-6-. The van der Waals surface area contributed by atoms with Gasteiger partial charge in [-0.2, -0.15) is 0 Å². The summed E-state index contributed by atoms with van der Waals surface area (Å²) in [5, 5.41) is 0. The van der Waals surface area contributed by atoms with Gasteiger partial charge in [0, 0.05) is 4.47 Å². The molecule has 1 aromatic carbocycles. The van der Waals surface area contributed by atoms with Crippen LogP contribution < -0.4 is 4.74 Å². The van der Waals surface area contributed by atoms with E-state index >= 15 is 0 Å². The van der Waals surface area contributed by atoms with E-state index < -0.39 is 0 Å². The van der Waals surface area contributed by atoms with Gasteiger partial charge in [-0.05, 0) is 48.9 Å². The Morgan fingerprint density at radius 3 is 2.78 bits per heavy atom. The molecule has 1 unspecified atom stereocenters. The summed E-state index contributed by atoms with van der Waals surface area (Å²) in [5.41, 5.74) is 1.28. The van der Waals surface area contributed by atoms with Crippen molar-refractivity contribution in [3.63, 3.8) is 0 Å². The molecular formula is C16H23BrO. The molecule has 2 heteroatoms. The molecule has 1 nitrogen and oxygen atoms in total. The van der Waals surface area contributed by atoms with Gasteiger partial charge in [-0.25, -0.2) is 0 Å². The van der Waals surface area contributed by atoms with Gasteiger partial charge in [0.15, 0.2) is 0 Å². The number of halogens is 1. The van der Waals surface area contributed by atoms with Crippen molar-refractivity contribution in [2.45, 2.75) is 40.0 Å². The van der Waals surface area contributed by atoms with Crippen molar-refractivity contribution in [3.8, 4) is 5.75 Å². The van der Waals surface area contributed by atoms with E-state index in [9.17, 15) is 0 Å². The maximum atomic E-state index is 5.80. The molecule has 0 fully saturated rings. The van der Waals surface area contributed by atoms with Gasteiger partial charge >= 0.3 is 0 Å². The minimum atomic E-state index is 0.545. The molecule has 0 N–H and O–H groups in total. The molecule has 1 aromatic rings. The molecule has 0 aliphatic rings. The molecule has 100 valence electrons. The Balaban J connectivity index is 2.77. The number of allylic oxidation sites excluding steroid dienone is 2. The largest absolute Gasteiger partial charge is 0.493 e. The summed E-state index contributed by atoms with van der Waals surface area (Å²) in [7, 11) is 0. The van der Waals surface area contributed by atoms with E-state index in [1.807, 2.05) is 6.07 Å². The number of rotatable bonds is 7. The summed E-state index contributed by atoms with van der Waals surface area (Å²) in [6.45, 7) is 7.33. The SMILES string of the molecule is CC/C=C\C(C)Cc1cc(Br)ccc1OCCC. The highest BCUT2D eigenvalue weighted by atomic mass is 79.9. The quantitative estimate of drug-likeness (QED) is 0.614. The second-order valence-corrected chi connectivity index (χ2v) is 5.53. The lowest BCUT2D eigenvalue weighted by atomic mass is 9.99. The van der Waals surface area contributed by atoms with Gasteiger partial charge in [0.25, 0.3) is 0 Å². The van der Waals surface area contributed by atoms with Crippen LogP contribution in [0, 0.1) is 5.92 Å². The van der Waals surface area contributed by atoms with Gasteiger partial charge < -0.3 is 4.74 Å². The molecule has 0 aliphatic carbocycles. The summed E-state index contributed by atoms with van der Waals surface area (Å²) < 4.78 is 6.92. The second kappa shape index (κ2) is 8.36. The topological polar surface area (TPSA) is 9.23 Å². The maximum absolute atomic E-state index is 5.80. The van der Waals surface area contributed by atoms with Crippen LogP contribution in [0.15, 0.2) is 34.8 Å². The monoisotopic (exact) mass is 310 g/mol. The van der Waals surface area contributed by atoms with Crippen LogP contribution in [-0.4, -0.2) is 6.61 Å². The maximum Gasteiger partial charge on any atom is 0.122 e. The Hall–Kier alpha value is -0.760. The first kappa shape index (κ1) is 15.3. The Kier molecular flexibility index (Phi) is 7.11. The van der Waals surface area contributed by atoms with Crippen LogP contribution in [0.2, 0.25) is 0 Å². The Morgan fingerprint density at radius 1 is 1.33 bits per heavy atom. The van der Waals surface area contributed by atoms with Gasteiger partial charge in [-0.15, -0.1) is 0 Å². The third-order valence-corrected chi connectivity index (χ3v) is 3.22. The van der Waals surface area contributed by atoms with Gasteiger partial charge in [0.1, 0.15) is 5.75 Å². The molecule has 1 rings (SSSR count). The number of hydrogen-bond donors (Lipinski definition) is 0. The van der Waals surface area contributed by atoms with Gasteiger partial charge in [-0.1, -0.05) is 48.9 Å². The van der Waals surface area contributed by atoms with Crippen molar-refractivity contribution >= 4 is 15.9 Å². The molecule has 0 amide bonds. The average molecular weight is 311 g/mol. The first-order valence-corrected chi connectivity index (χ1v) is 7.54. The first-order chi connectivity index (χ1) is 8.67. The number of hydrogen-bond acceptors (Lipinski definition) is 1. The van der Waals surface area contributed by atoms with Crippen LogP contribution in [0.1, 0.15) is 39.2 Å². The summed E-state index contributed by atoms with van der Waals surface area (Å²) in [6.07, 6.45) is 7.68. The van der Waals surface area contributed by atoms with Gasteiger partial charge in [0.2, 0.25) is 0 Å². The molecule has 0 aliphatic heterocycles. The van der Waals surface area contributed by atoms with E-state index in [2.05, 4.69) is 61.0 Å². The lowest BCUT2D eigenvalue weighted by Gasteiger charge is -2.13. The van der Waals surface area contributed by atoms with Crippen molar-refractivity contribution in [1.82, 2.24) is 0 Å². The van der Waals surface area contributed by atoms with Crippen LogP contribution >= 0.6 is 15.9 Å². The fourth-order valence-electron chi connectivity index (χ4n) is 1.84. The molecule has 18 heavy (non-hydrogen) atoms. The van der Waals surface area contributed by atoms with Crippen molar-refractivity contribution in [3.05, 3.63) is 40.4 Å². The zero-order valence-electron chi connectivity index (χ0n) is 11.6. The zero-order chi connectivity index (χ0) is 13.4. The van der Waals surface area contributed by atoms with E-state index in [1.165, 1.54) is 5.56 Å². The Labute approximate surface area is 119 Å². The first-order valence-electron chi connectivity index (χ1n) is 6.75. The van der Waals surface area contributed by atoms with E-state index in [-0.39, 0.29) is 0 Å². The van der Waals surface area contributed by atoms with Crippen LogP contribution in [-0.2, 0) is 6.42 Å². The Morgan fingerprint density at radius 2 is 2.11 bits per heavy atom. The molecular weight excluding hydrogens is 288 g/mol. The van der Waals surface area contributed by atoms with Crippen LogP contribution in [0.25, 0.3) is 0 Å². The fourth-order valence-corrected chi connectivity index (χ4v) is 2.25. The second-order valence-electron chi connectivity index (χ2n) is 4.62. The normalized spacial score (nSPS) is 12.9. The molecule has 0 radical (unpaired) electrons. The summed E-state index contributed by atoms with van der Waals surface area (Å²) in [6, 6.07) is 6.27. The minimum absolute atomic E-state index is 0.545. The van der Waals surface area contributed by atoms with Crippen LogP contribution in [0.3, 0.4) is 0 Å². The number of benzene rings is 1. The lowest BCUT2D eigenvalue weighted by Crippen LogP contribution is -2.02. The summed E-state index contributed by atoms with van der Waals surface area (Å²) in [4.78, 5) is 0. The molecule has 0 aromatic heterocycles. The molecule has 1 atom stereocenters. The van der Waals surface area contributed by atoms with Crippen LogP contribution in [0.5, 0.6) is 5.75 Å². The van der Waals surface area contributed by atoms with Gasteiger partial charge in [0.05, 0.1) is 6.61 Å². The zero-order valence-corrected chi connectivity index (χ0v) is 13.2. The van der Waals surface area contributed by atoms with Crippen molar-refractivity contribution in [2.24, 2.45) is 5.92 Å². The summed E-state index contributed by atoms with van der Waals surface area (Å²) in [5.74, 6) is 1.57. The molecule has 0 spiro atoms. The highest BCUT2D eigenvalue weighted by Crippen LogP contribution is 2.26. The molecule has 0 saturated carbocycles. The highest BCUT2D eigenvalue weighted by Gasteiger charge is 2.07. The third kappa shape index (κ3) is 5.26. The fraction of sp³-hybridized carbons (Fsp3) is 0.500. The predicted molar refractivity (Wildman–Crippen MR) is 82.2 cm³/mol. The van der Waals surface area contributed by atoms with Crippen molar-refractivity contribution < 1.29 is 4.74 Å². The average Bonchev–Trinajstić information content (AvgIpc) is 2.35. The van der Waals surface area contributed by atoms with E-state index in [1.54, 1.807) is 0 Å². The lowest BCUT2D eigenvalue weighted by molar-refractivity contribution is 0.313. The number of ether oxygens (including phenoxy) is 1. The Bertz CT molecular complexity index is 385. The van der Waals surface area contributed by atoms with Gasteiger partial charge in [-0.3, -0.25) is 0 Å². The molecule has 0 heterocycles. The molecule has 0 bridgehead atoms.